The predicted molar refractivity (Wildman–Crippen MR) is 58.4 cm³/mol. The summed E-state index contributed by atoms with van der Waals surface area (Å²) in [6.45, 7) is 2.05. The van der Waals surface area contributed by atoms with E-state index in [1.165, 1.54) is 0 Å². The van der Waals surface area contributed by atoms with Crippen LogP contribution in [0.15, 0.2) is 0 Å². The van der Waals surface area contributed by atoms with Crippen molar-refractivity contribution < 1.29 is 24.6 Å². The lowest BCUT2D eigenvalue weighted by atomic mass is 9.90. The molecule has 0 aliphatic heterocycles. The molecule has 0 saturated heterocycles. The molecular formula is C11H23NO4. The van der Waals surface area contributed by atoms with Crippen molar-refractivity contribution >= 4 is 5.97 Å². The van der Waals surface area contributed by atoms with Gasteiger partial charge in [0.05, 0.1) is 27.2 Å². The van der Waals surface area contributed by atoms with Gasteiger partial charge in [0.1, 0.15) is 12.1 Å². The van der Waals surface area contributed by atoms with Crippen LogP contribution in [0.4, 0.5) is 0 Å². The number of hydrogen-bond acceptors (Lipinski definition) is 4. The number of carbonyl (C=O) groups excluding carboxylic acids is 1. The van der Waals surface area contributed by atoms with Crippen LogP contribution in [0.3, 0.4) is 0 Å². The number of carbonyl (C=O) groups is 1. The van der Waals surface area contributed by atoms with E-state index in [1.807, 2.05) is 21.1 Å². The molecule has 5 heteroatoms. The first-order valence-electron chi connectivity index (χ1n) is 5.49. The fraction of sp³-hybridized carbons (Fsp3) is 0.909. The monoisotopic (exact) mass is 233 g/mol. The molecule has 2 N–H and O–H groups in total. The molecule has 2 unspecified atom stereocenters. The molecule has 0 aliphatic carbocycles. The van der Waals surface area contributed by atoms with Gasteiger partial charge in [-0.1, -0.05) is 6.92 Å². The van der Waals surface area contributed by atoms with Crippen LogP contribution in [0.5, 0.6) is 0 Å². The third kappa shape index (κ3) is 6.76. The lowest BCUT2D eigenvalue weighted by Crippen LogP contribution is -2.53. The Morgan fingerprint density at radius 1 is 1.44 bits per heavy atom. The molecule has 0 heterocycles. The van der Waals surface area contributed by atoms with E-state index in [-0.39, 0.29) is 13.0 Å². The number of hydrogen-bond donors (Lipinski definition) is 2. The zero-order valence-electron chi connectivity index (χ0n) is 10.6. The number of aliphatic hydroxyl groups excluding tert-OH is 1. The smallest absolute Gasteiger partial charge is 0.121 e. The summed E-state index contributed by atoms with van der Waals surface area (Å²) in [7, 11) is 5.58. The normalized spacial score (nSPS) is 17.9. The molecule has 0 aromatic heterocycles. The van der Waals surface area contributed by atoms with Crippen LogP contribution in [0.2, 0.25) is 0 Å². The number of quaternary nitrogens is 1. The van der Waals surface area contributed by atoms with Crippen molar-refractivity contribution in [2.75, 3.05) is 27.7 Å². The van der Waals surface area contributed by atoms with E-state index in [1.54, 1.807) is 6.92 Å². The molecule has 2 atom stereocenters. The van der Waals surface area contributed by atoms with E-state index >= 15 is 0 Å². The van der Waals surface area contributed by atoms with Crippen molar-refractivity contribution in [1.29, 1.82) is 0 Å². The van der Waals surface area contributed by atoms with Gasteiger partial charge in [-0.15, -0.1) is 0 Å². The second kappa shape index (κ2) is 5.61. The van der Waals surface area contributed by atoms with E-state index in [2.05, 4.69) is 0 Å². The molecule has 0 aliphatic rings. The number of likely N-dealkylation sites (N-methyl/N-ethyl adjacent to an activating group) is 1. The van der Waals surface area contributed by atoms with E-state index in [0.717, 1.165) is 0 Å². The molecule has 0 saturated carbocycles. The van der Waals surface area contributed by atoms with Crippen molar-refractivity contribution in [3.05, 3.63) is 0 Å². The molecule has 0 rings (SSSR count). The van der Waals surface area contributed by atoms with Crippen LogP contribution in [0.25, 0.3) is 0 Å². The number of carboxylic acids is 1. The number of aliphatic hydroxyl groups is 2. The van der Waals surface area contributed by atoms with Gasteiger partial charge in [-0.2, -0.15) is 0 Å². The van der Waals surface area contributed by atoms with Gasteiger partial charge in [0.25, 0.3) is 0 Å². The highest BCUT2D eigenvalue weighted by atomic mass is 16.4. The van der Waals surface area contributed by atoms with E-state index < -0.39 is 24.1 Å². The fourth-order valence-electron chi connectivity index (χ4n) is 1.93. The van der Waals surface area contributed by atoms with Crippen molar-refractivity contribution in [1.82, 2.24) is 0 Å². The predicted octanol–water partition coefficient (Wildman–Crippen LogP) is -1.28. The Bertz CT molecular complexity index is 237. The first-order chi connectivity index (χ1) is 7.08. The highest BCUT2D eigenvalue weighted by molar-refractivity contribution is 5.65. The third-order valence-electron chi connectivity index (χ3n) is 2.33. The summed E-state index contributed by atoms with van der Waals surface area (Å²) in [6.07, 6.45) is -0.574. The molecule has 0 amide bonds. The van der Waals surface area contributed by atoms with Crippen LogP contribution in [0, 0.1) is 0 Å². The molecular weight excluding hydrogens is 210 g/mol. The Morgan fingerprint density at radius 2 is 1.94 bits per heavy atom. The Kier molecular flexibility index (Phi) is 5.38. The second-order valence-corrected chi connectivity index (χ2v) is 5.49. The number of rotatable bonds is 7. The summed E-state index contributed by atoms with van der Waals surface area (Å²) in [5, 5.41) is 30.4. The number of aliphatic carboxylic acids is 1. The second-order valence-electron chi connectivity index (χ2n) is 5.49. The third-order valence-corrected chi connectivity index (χ3v) is 2.33. The SMILES string of the molecule is CCC(O)CC(O)(CC(=O)[O-])C[N+](C)(C)C. The zero-order valence-corrected chi connectivity index (χ0v) is 10.6. The quantitative estimate of drug-likeness (QED) is 0.537. The fourth-order valence-corrected chi connectivity index (χ4v) is 1.93. The average Bonchev–Trinajstić information content (AvgIpc) is 1.97. The highest BCUT2D eigenvalue weighted by Crippen LogP contribution is 2.21. The number of nitrogens with zero attached hydrogens (tertiary/aromatic N) is 1. The minimum absolute atomic E-state index is 0.0625. The Labute approximate surface area is 96.9 Å². The maximum atomic E-state index is 10.6. The van der Waals surface area contributed by atoms with Gasteiger partial charge in [-0.25, -0.2) is 0 Å². The lowest BCUT2D eigenvalue weighted by molar-refractivity contribution is -0.877. The van der Waals surface area contributed by atoms with Crippen LogP contribution < -0.4 is 5.11 Å². The molecule has 0 spiro atoms. The standard InChI is InChI=1S/C11H23NO4/c1-5-9(13)6-11(16,7-10(14)15)8-12(2,3)4/h9,13,16H,5-8H2,1-4H3. The van der Waals surface area contributed by atoms with Crippen molar-refractivity contribution in [2.24, 2.45) is 0 Å². The van der Waals surface area contributed by atoms with Gasteiger partial charge in [-0.05, 0) is 6.42 Å². The highest BCUT2D eigenvalue weighted by Gasteiger charge is 2.35. The first kappa shape index (κ1) is 15.3. The van der Waals surface area contributed by atoms with Gasteiger partial charge in [0.15, 0.2) is 0 Å². The molecule has 5 nitrogen and oxygen atoms in total. The molecule has 0 aromatic rings. The molecule has 0 radical (unpaired) electrons. The van der Waals surface area contributed by atoms with Crippen LogP contribution in [0.1, 0.15) is 26.2 Å². The molecule has 0 aromatic carbocycles. The Hall–Kier alpha value is -0.650. The van der Waals surface area contributed by atoms with Crippen molar-refractivity contribution in [3.63, 3.8) is 0 Å². The molecule has 0 bridgehead atoms. The molecule has 16 heavy (non-hydrogen) atoms. The zero-order chi connectivity index (χ0) is 13.0. The van der Waals surface area contributed by atoms with E-state index in [0.29, 0.717) is 10.9 Å². The van der Waals surface area contributed by atoms with Crippen molar-refractivity contribution in [3.8, 4) is 0 Å². The minimum atomic E-state index is -1.41. The molecule has 96 valence electrons. The maximum absolute atomic E-state index is 10.6. The van der Waals surface area contributed by atoms with Gasteiger partial charge in [0.2, 0.25) is 0 Å². The summed E-state index contributed by atoms with van der Waals surface area (Å²) in [6, 6.07) is 0. The van der Waals surface area contributed by atoms with E-state index in [4.69, 9.17) is 0 Å². The van der Waals surface area contributed by atoms with Gasteiger partial charge in [0, 0.05) is 18.8 Å². The van der Waals surface area contributed by atoms with Crippen LogP contribution in [-0.2, 0) is 4.79 Å². The summed E-state index contributed by atoms with van der Waals surface area (Å²) in [5.41, 5.74) is -1.41. The molecule has 0 fully saturated rings. The summed E-state index contributed by atoms with van der Waals surface area (Å²) >= 11 is 0. The van der Waals surface area contributed by atoms with Crippen molar-refractivity contribution in [2.45, 2.75) is 37.9 Å². The van der Waals surface area contributed by atoms with Gasteiger partial charge in [-0.3, -0.25) is 0 Å². The van der Waals surface area contributed by atoms with E-state index in [9.17, 15) is 20.1 Å². The van der Waals surface area contributed by atoms with Gasteiger partial charge >= 0.3 is 0 Å². The summed E-state index contributed by atoms with van der Waals surface area (Å²) in [4.78, 5) is 10.6. The van der Waals surface area contributed by atoms with Gasteiger partial charge < -0.3 is 24.6 Å². The maximum Gasteiger partial charge on any atom is 0.121 e. The van der Waals surface area contributed by atoms with Crippen LogP contribution >= 0.6 is 0 Å². The summed E-state index contributed by atoms with van der Waals surface area (Å²) in [5.74, 6) is -1.29. The average molecular weight is 233 g/mol. The van der Waals surface area contributed by atoms with Crippen LogP contribution in [-0.4, -0.2) is 60.1 Å². The number of carboxylic acid groups (broad SMARTS) is 1. The first-order valence-corrected chi connectivity index (χ1v) is 5.49. The minimum Gasteiger partial charge on any atom is -0.550 e. The Morgan fingerprint density at radius 3 is 2.25 bits per heavy atom. The lowest BCUT2D eigenvalue weighted by Gasteiger charge is -2.36. The summed E-state index contributed by atoms with van der Waals surface area (Å²) < 4.78 is 0.431. The largest absolute Gasteiger partial charge is 0.550 e. The Balaban J connectivity index is 4.67. The topological polar surface area (TPSA) is 80.6 Å².